The fraction of sp³-hybridized carbons (Fsp3) is 0.100. The molecule has 3 aromatic rings. The van der Waals surface area contributed by atoms with Crippen molar-refractivity contribution in [2.45, 2.75) is 5.92 Å². The number of nitrogens with one attached hydrogen (secondary N) is 1. The maximum atomic E-state index is 9.95. The van der Waals surface area contributed by atoms with E-state index in [1.165, 1.54) is 13.2 Å². The smallest absolute Gasteiger partial charge is 0.244 e. The van der Waals surface area contributed by atoms with Gasteiger partial charge in [0.15, 0.2) is 11.5 Å². The molecule has 4 rings (SSSR count). The van der Waals surface area contributed by atoms with Crippen LogP contribution >= 0.6 is 11.6 Å². The van der Waals surface area contributed by atoms with Crippen LogP contribution in [-0.4, -0.2) is 22.4 Å². The fourth-order valence-electron chi connectivity index (χ4n) is 3.32. The largest absolute Gasteiger partial charge is 0.504 e. The first-order valence-electron chi connectivity index (χ1n) is 8.32. The molecule has 0 saturated carbocycles. The van der Waals surface area contributed by atoms with Gasteiger partial charge in [0, 0.05) is 10.6 Å². The SMILES string of the molecule is COc1cc([C@@H]2C(C#N)=C(N)Oc3n[nH]c(-c4ccccc4Cl)c32)ccc1O. The minimum atomic E-state index is -0.576. The molecule has 2 aromatic carbocycles. The summed E-state index contributed by atoms with van der Waals surface area (Å²) in [4.78, 5) is 0. The lowest BCUT2D eigenvalue weighted by Crippen LogP contribution is -2.21. The number of nitriles is 1. The van der Waals surface area contributed by atoms with Gasteiger partial charge in [0.2, 0.25) is 11.8 Å². The molecule has 1 aliphatic rings. The van der Waals surface area contributed by atoms with E-state index in [0.29, 0.717) is 21.8 Å². The highest BCUT2D eigenvalue weighted by Crippen LogP contribution is 2.47. The third kappa shape index (κ3) is 2.71. The zero-order valence-corrected chi connectivity index (χ0v) is 15.5. The first-order valence-corrected chi connectivity index (χ1v) is 8.70. The Hall–Kier alpha value is -3.63. The predicted octanol–water partition coefficient (Wildman–Crippen LogP) is 3.66. The molecule has 2 heterocycles. The van der Waals surface area contributed by atoms with E-state index in [4.69, 9.17) is 26.8 Å². The van der Waals surface area contributed by atoms with Crippen LogP contribution in [0.15, 0.2) is 53.9 Å². The lowest BCUT2D eigenvalue weighted by Gasteiger charge is -2.24. The van der Waals surface area contributed by atoms with Crippen LogP contribution in [0.4, 0.5) is 0 Å². The molecule has 7 nitrogen and oxygen atoms in total. The minimum absolute atomic E-state index is 0.00693. The molecule has 8 heteroatoms. The Balaban J connectivity index is 1.98. The van der Waals surface area contributed by atoms with Crippen LogP contribution in [0.3, 0.4) is 0 Å². The number of aromatic nitrogens is 2. The van der Waals surface area contributed by atoms with Crippen molar-refractivity contribution in [2.75, 3.05) is 7.11 Å². The van der Waals surface area contributed by atoms with Gasteiger partial charge >= 0.3 is 0 Å². The van der Waals surface area contributed by atoms with Gasteiger partial charge in [-0.15, -0.1) is 5.10 Å². The lowest BCUT2D eigenvalue weighted by molar-refractivity contribution is 0.371. The Morgan fingerprint density at radius 1 is 1.32 bits per heavy atom. The number of benzene rings is 2. The topological polar surface area (TPSA) is 117 Å². The van der Waals surface area contributed by atoms with E-state index in [0.717, 1.165) is 5.56 Å². The number of phenolic OH excluding ortho intramolecular Hbond substituents is 1. The molecule has 4 N–H and O–H groups in total. The molecule has 0 radical (unpaired) electrons. The zero-order valence-electron chi connectivity index (χ0n) is 14.7. The molecular formula is C20H15ClN4O3. The number of fused-ring (bicyclic) bond motifs is 1. The summed E-state index contributed by atoms with van der Waals surface area (Å²) in [6.45, 7) is 0. The molecule has 0 fully saturated rings. The molecule has 140 valence electrons. The van der Waals surface area contributed by atoms with Crippen LogP contribution in [0, 0.1) is 11.3 Å². The van der Waals surface area contributed by atoms with E-state index in [2.05, 4.69) is 16.3 Å². The van der Waals surface area contributed by atoms with Gasteiger partial charge in [0.05, 0.1) is 24.3 Å². The number of hydrogen-bond acceptors (Lipinski definition) is 6. The summed E-state index contributed by atoms with van der Waals surface area (Å²) in [6.07, 6.45) is 0. The number of hydrogen-bond donors (Lipinski definition) is 3. The Morgan fingerprint density at radius 3 is 2.82 bits per heavy atom. The molecule has 0 saturated heterocycles. The standard InChI is InChI=1S/C20H15ClN4O3/c1-27-15-8-10(6-7-14(15)26)16-12(9-22)19(23)28-20-17(16)18(24-25-20)11-4-2-3-5-13(11)21/h2-8,16,26H,23H2,1H3,(H,24,25)/t16-/m1/s1. The molecule has 0 aliphatic carbocycles. The van der Waals surface area contributed by atoms with E-state index in [1.54, 1.807) is 18.2 Å². The highest BCUT2D eigenvalue weighted by molar-refractivity contribution is 6.33. The number of nitrogens with two attached hydrogens (primary N) is 1. The molecule has 1 atom stereocenters. The van der Waals surface area contributed by atoms with Gasteiger partial charge < -0.3 is 20.3 Å². The number of allylic oxidation sites excluding steroid dienone is 1. The van der Waals surface area contributed by atoms with E-state index < -0.39 is 5.92 Å². The van der Waals surface area contributed by atoms with Crippen molar-refractivity contribution in [3.63, 3.8) is 0 Å². The van der Waals surface area contributed by atoms with Crippen LogP contribution in [0.1, 0.15) is 17.0 Å². The highest BCUT2D eigenvalue weighted by atomic mass is 35.5. The third-order valence-electron chi connectivity index (χ3n) is 4.62. The second-order valence-electron chi connectivity index (χ2n) is 6.15. The predicted molar refractivity (Wildman–Crippen MR) is 103 cm³/mol. The normalized spacial score (nSPS) is 15.5. The number of aromatic hydroxyl groups is 1. The van der Waals surface area contributed by atoms with E-state index in [1.807, 2.05) is 18.2 Å². The summed E-state index contributed by atoms with van der Waals surface area (Å²) in [5.74, 6) is -0.0577. The third-order valence-corrected chi connectivity index (χ3v) is 4.95. The van der Waals surface area contributed by atoms with Gasteiger partial charge in [-0.05, 0) is 23.8 Å². The lowest BCUT2D eigenvalue weighted by atomic mass is 9.83. The van der Waals surface area contributed by atoms with Gasteiger partial charge in [0.1, 0.15) is 11.6 Å². The summed E-state index contributed by atoms with van der Waals surface area (Å²) in [5.41, 5.74) is 8.88. The van der Waals surface area contributed by atoms with Gasteiger partial charge in [0.25, 0.3) is 0 Å². The Labute approximate surface area is 165 Å². The van der Waals surface area contributed by atoms with Crippen LogP contribution in [-0.2, 0) is 0 Å². The van der Waals surface area contributed by atoms with Crippen molar-refractivity contribution >= 4 is 11.6 Å². The van der Waals surface area contributed by atoms with Crippen molar-refractivity contribution in [3.8, 4) is 34.7 Å². The fourth-order valence-corrected chi connectivity index (χ4v) is 3.55. The maximum absolute atomic E-state index is 9.95. The van der Waals surface area contributed by atoms with Crippen molar-refractivity contribution in [1.82, 2.24) is 10.2 Å². The van der Waals surface area contributed by atoms with E-state index in [9.17, 15) is 10.4 Å². The second-order valence-corrected chi connectivity index (χ2v) is 6.56. The van der Waals surface area contributed by atoms with Gasteiger partial charge in [-0.1, -0.05) is 35.9 Å². The van der Waals surface area contributed by atoms with Gasteiger partial charge in [-0.25, -0.2) is 0 Å². The van der Waals surface area contributed by atoms with Crippen molar-refractivity contribution < 1.29 is 14.6 Å². The first-order chi connectivity index (χ1) is 13.5. The minimum Gasteiger partial charge on any atom is -0.504 e. The number of halogens is 1. The number of H-pyrrole nitrogens is 1. The molecule has 1 aliphatic heterocycles. The van der Waals surface area contributed by atoms with Crippen LogP contribution in [0.5, 0.6) is 17.4 Å². The average molecular weight is 395 g/mol. The van der Waals surface area contributed by atoms with Crippen LogP contribution < -0.4 is 15.2 Å². The average Bonchev–Trinajstić information content (AvgIpc) is 3.11. The maximum Gasteiger partial charge on any atom is 0.244 e. The highest BCUT2D eigenvalue weighted by Gasteiger charge is 2.36. The molecule has 28 heavy (non-hydrogen) atoms. The number of ether oxygens (including phenoxy) is 2. The summed E-state index contributed by atoms with van der Waals surface area (Å²) >= 11 is 6.38. The Bertz CT molecular complexity index is 1150. The number of aromatic amines is 1. The zero-order chi connectivity index (χ0) is 19.8. The van der Waals surface area contributed by atoms with Crippen molar-refractivity contribution in [2.24, 2.45) is 5.73 Å². The first kappa shape index (κ1) is 17.8. The molecule has 0 amide bonds. The van der Waals surface area contributed by atoms with Crippen LogP contribution in [0.25, 0.3) is 11.3 Å². The van der Waals surface area contributed by atoms with E-state index >= 15 is 0 Å². The molecular weight excluding hydrogens is 380 g/mol. The Kier molecular flexibility index (Phi) is 4.34. The monoisotopic (exact) mass is 394 g/mol. The molecule has 0 bridgehead atoms. The summed E-state index contributed by atoms with van der Waals surface area (Å²) in [7, 11) is 1.46. The quantitative estimate of drug-likeness (QED) is 0.624. The number of nitrogens with zero attached hydrogens (tertiary/aromatic N) is 2. The van der Waals surface area contributed by atoms with Crippen molar-refractivity contribution in [1.29, 1.82) is 5.26 Å². The van der Waals surface area contributed by atoms with Crippen LogP contribution in [0.2, 0.25) is 5.02 Å². The second kappa shape index (κ2) is 6.83. The summed E-state index contributed by atoms with van der Waals surface area (Å²) in [6, 6.07) is 14.3. The number of methoxy groups -OCH3 is 1. The summed E-state index contributed by atoms with van der Waals surface area (Å²) in [5, 5.41) is 27.4. The summed E-state index contributed by atoms with van der Waals surface area (Å²) < 4.78 is 10.8. The van der Waals surface area contributed by atoms with Gasteiger partial charge in [-0.3, -0.25) is 5.10 Å². The van der Waals surface area contributed by atoms with Crippen molar-refractivity contribution in [3.05, 3.63) is 70.1 Å². The molecule has 0 spiro atoms. The number of phenols is 1. The Morgan fingerprint density at radius 2 is 2.11 bits per heavy atom. The van der Waals surface area contributed by atoms with E-state index in [-0.39, 0.29) is 28.8 Å². The molecule has 0 unspecified atom stereocenters. The van der Waals surface area contributed by atoms with Gasteiger partial charge in [-0.2, -0.15) is 5.26 Å². The molecule has 1 aromatic heterocycles. The number of rotatable bonds is 3.